The maximum absolute atomic E-state index is 13.1. The molecule has 0 aromatic heterocycles. The summed E-state index contributed by atoms with van der Waals surface area (Å²) in [5.74, 6) is -2.38. The van der Waals surface area contributed by atoms with Gasteiger partial charge in [-0.2, -0.15) is 0 Å². The van der Waals surface area contributed by atoms with E-state index in [4.69, 9.17) is 37.0 Å². The van der Waals surface area contributed by atoms with E-state index in [0.29, 0.717) is 25.7 Å². The molecule has 98 heavy (non-hydrogen) atoms. The molecule has 0 radical (unpaired) electrons. The van der Waals surface area contributed by atoms with Crippen molar-refractivity contribution in [2.45, 2.75) is 290 Å². The highest BCUT2D eigenvalue weighted by Crippen LogP contribution is 2.45. The van der Waals surface area contributed by atoms with Crippen molar-refractivity contribution in [1.82, 2.24) is 0 Å². The van der Waals surface area contributed by atoms with Crippen LogP contribution in [0.5, 0.6) is 0 Å². The van der Waals surface area contributed by atoms with Crippen LogP contribution in [0.3, 0.4) is 0 Å². The Hall–Kier alpha value is -5.06. The quantitative estimate of drug-likeness (QED) is 0.0169. The van der Waals surface area contributed by atoms with Gasteiger partial charge in [0.15, 0.2) is 12.2 Å². The number of phosphoric acid groups is 2. The molecular formula is C79H130O17P2. The Morgan fingerprint density at radius 2 is 0.592 bits per heavy atom. The predicted octanol–water partition coefficient (Wildman–Crippen LogP) is 21.1. The molecule has 5 unspecified atom stereocenters. The zero-order valence-electron chi connectivity index (χ0n) is 60.7. The molecule has 0 saturated carbocycles. The van der Waals surface area contributed by atoms with Gasteiger partial charge in [0.2, 0.25) is 0 Å². The molecule has 558 valence electrons. The lowest BCUT2D eigenvalue weighted by Crippen LogP contribution is -2.30. The molecule has 17 nitrogen and oxygen atoms in total. The van der Waals surface area contributed by atoms with Gasteiger partial charge in [-0.25, -0.2) is 9.13 Å². The second-order valence-electron chi connectivity index (χ2n) is 24.1. The van der Waals surface area contributed by atoms with E-state index >= 15 is 0 Å². The van der Waals surface area contributed by atoms with Crippen molar-refractivity contribution in [1.29, 1.82) is 0 Å². The van der Waals surface area contributed by atoms with Gasteiger partial charge in [-0.05, 0) is 141 Å². The molecule has 5 atom stereocenters. The van der Waals surface area contributed by atoms with Crippen molar-refractivity contribution in [3.8, 4) is 0 Å². The van der Waals surface area contributed by atoms with E-state index in [9.17, 15) is 43.2 Å². The van der Waals surface area contributed by atoms with Gasteiger partial charge < -0.3 is 33.8 Å². The molecule has 0 aliphatic carbocycles. The summed E-state index contributed by atoms with van der Waals surface area (Å²) in [5, 5.41) is 10.6. The molecule has 0 aromatic carbocycles. The third-order valence-electron chi connectivity index (χ3n) is 14.8. The molecule has 0 saturated heterocycles. The average Bonchev–Trinajstić information content (AvgIpc) is 0.971. The van der Waals surface area contributed by atoms with Crippen LogP contribution in [0.2, 0.25) is 0 Å². The summed E-state index contributed by atoms with van der Waals surface area (Å²) in [7, 11) is -9.99. The number of allylic oxidation sites excluding steroid dienone is 23. The normalized spacial score (nSPS) is 14.8. The summed E-state index contributed by atoms with van der Waals surface area (Å²) in [6.45, 7) is 4.37. The van der Waals surface area contributed by atoms with Crippen molar-refractivity contribution in [2.75, 3.05) is 39.6 Å². The molecule has 0 rings (SSSR count). The number of carbonyl (C=O) groups is 4. The maximum Gasteiger partial charge on any atom is 0.472 e. The average molecular weight is 1410 g/mol. The number of hydrogen-bond donors (Lipinski definition) is 3. The first kappa shape index (κ1) is 92.9. The highest BCUT2D eigenvalue weighted by atomic mass is 31.2. The zero-order chi connectivity index (χ0) is 71.8. The number of phosphoric ester groups is 2. The number of hydrogen-bond acceptors (Lipinski definition) is 15. The lowest BCUT2D eigenvalue weighted by atomic mass is 10.1. The minimum Gasteiger partial charge on any atom is -0.462 e. The highest BCUT2D eigenvalue weighted by molar-refractivity contribution is 7.47. The second-order valence-corrected chi connectivity index (χ2v) is 27.0. The Bertz CT molecular complexity index is 2430. The van der Waals surface area contributed by atoms with Gasteiger partial charge in [0.25, 0.3) is 0 Å². The molecule has 0 aliphatic rings. The smallest absolute Gasteiger partial charge is 0.462 e. The molecule has 0 aromatic rings. The number of ether oxygens (including phenoxy) is 4. The van der Waals surface area contributed by atoms with Crippen molar-refractivity contribution in [3.05, 3.63) is 146 Å². The Morgan fingerprint density at radius 1 is 0.306 bits per heavy atom. The summed E-state index contributed by atoms with van der Waals surface area (Å²) in [4.78, 5) is 72.7. The van der Waals surface area contributed by atoms with Gasteiger partial charge in [0.05, 0.1) is 32.8 Å². The standard InChI is InChI=1S/C79H130O17P2/c1-5-9-13-17-21-25-29-33-35-36-38-42-44-48-52-56-60-64-77(82)90-70-75(96-79(84)66-62-58-54-50-46-40-32-28-24-20-16-12-8-4)72-94-98(87,88)92-68-73(80)67-91-97(85,86)93-71-74(95-78(83)65-61-57-53-49-45-39-31-27-23-19-15-11-7-3)69-89-76(81)63-59-55-51-47-43-41-37-34-30-26-22-18-14-10-6-2/h9-10,13-14,16,20-22,25-28,31-35,37-38,42-43,47,55,59,73-75,80H,5-8,11-12,15,17-19,23-24,29-30,36,39-41,44-46,48-54,56-58,60-72H2,1-4H3,(H,85,86)(H,87,88)/b13-9-,14-10-,20-16-,25-21-,26-22-,31-27-,32-28-,35-33-,37-34-,42-38-,47-43-,59-55-. The Balaban J connectivity index is 5.45. The van der Waals surface area contributed by atoms with E-state index < -0.39 is 97.5 Å². The number of esters is 4. The van der Waals surface area contributed by atoms with E-state index in [-0.39, 0.29) is 25.7 Å². The van der Waals surface area contributed by atoms with Crippen LogP contribution in [-0.4, -0.2) is 96.7 Å². The summed E-state index contributed by atoms with van der Waals surface area (Å²) < 4.78 is 68.2. The molecule has 0 fully saturated rings. The van der Waals surface area contributed by atoms with Gasteiger partial charge in [-0.1, -0.05) is 251 Å². The monoisotopic (exact) mass is 1410 g/mol. The lowest BCUT2D eigenvalue weighted by Gasteiger charge is -2.21. The van der Waals surface area contributed by atoms with Crippen molar-refractivity contribution >= 4 is 39.5 Å². The van der Waals surface area contributed by atoms with Crippen molar-refractivity contribution < 1.29 is 80.2 Å². The molecule has 0 bridgehead atoms. The zero-order valence-corrected chi connectivity index (χ0v) is 62.4. The van der Waals surface area contributed by atoms with Crippen LogP contribution < -0.4 is 0 Å². The molecule has 0 spiro atoms. The lowest BCUT2D eigenvalue weighted by molar-refractivity contribution is -0.161. The van der Waals surface area contributed by atoms with E-state index in [1.807, 2.05) is 18.2 Å². The van der Waals surface area contributed by atoms with E-state index in [2.05, 4.69) is 149 Å². The third kappa shape index (κ3) is 69.4. The number of aliphatic hydroxyl groups is 1. The molecule has 3 N–H and O–H groups in total. The number of aliphatic hydroxyl groups excluding tert-OH is 1. The molecule has 19 heteroatoms. The van der Waals surface area contributed by atoms with Gasteiger partial charge in [0.1, 0.15) is 19.3 Å². The largest absolute Gasteiger partial charge is 0.472 e. The Morgan fingerprint density at radius 3 is 0.959 bits per heavy atom. The van der Waals surface area contributed by atoms with Gasteiger partial charge in [-0.3, -0.25) is 37.3 Å². The summed E-state index contributed by atoms with van der Waals surface area (Å²) in [6.07, 6.45) is 78.8. The summed E-state index contributed by atoms with van der Waals surface area (Å²) >= 11 is 0. The molecule has 0 aliphatic heterocycles. The summed E-state index contributed by atoms with van der Waals surface area (Å²) in [5.41, 5.74) is 0. The first-order valence-corrected chi connectivity index (χ1v) is 40.1. The van der Waals surface area contributed by atoms with Crippen LogP contribution in [0.4, 0.5) is 0 Å². The van der Waals surface area contributed by atoms with Crippen molar-refractivity contribution in [2.24, 2.45) is 0 Å². The first-order valence-electron chi connectivity index (χ1n) is 37.1. The number of unbranched alkanes of at least 4 members (excludes halogenated alkanes) is 19. The van der Waals surface area contributed by atoms with E-state index in [0.717, 1.165) is 167 Å². The van der Waals surface area contributed by atoms with Crippen LogP contribution in [0.25, 0.3) is 0 Å². The Kier molecular flexibility index (Phi) is 66.7. The van der Waals surface area contributed by atoms with Crippen LogP contribution in [0.1, 0.15) is 272 Å². The minimum atomic E-state index is -5.00. The maximum atomic E-state index is 13.1. The number of rotatable bonds is 68. The Labute approximate surface area is 592 Å². The van der Waals surface area contributed by atoms with Gasteiger partial charge in [0, 0.05) is 19.3 Å². The van der Waals surface area contributed by atoms with Crippen LogP contribution in [0, 0.1) is 0 Å². The van der Waals surface area contributed by atoms with Gasteiger partial charge in [-0.15, -0.1) is 0 Å². The third-order valence-corrected chi connectivity index (χ3v) is 16.7. The molecule has 0 heterocycles. The van der Waals surface area contributed by atoms with Crippen molar-refractivity contribution in [3.63, 3.8) is 0 Å². The fourth-order valence-corrected chi connectivity index (χ4v) is 10.8. The highest BCUT2D eigenvalue weighted by Gasteiger charge is 2.30. The van der Waals surface area contributed by atoms with Crippen LogP contribution in [-0.2, 0) is 65.4 Å². The fourth-order valence-electron chi connectivity index (χ4n) is 9.20. The molecular weight excluding hydrogens is 1280 g/mol. The van der Waals surface area contributed by atoms with Gasteiger partial charge >= 0.3 is 39.5 Å². The minimum absolute atomic E-state index is 0.0611. The molecule has 0 amide bonds. The SMILES string of the molecule is CC/C=C\C/C=C\C/C=C\C/C=C\C/C=C\CC(=O)OCC(COP(=O)(O)OCC(O)COP(=O)(O)OCC(COC(=O)CCCCCC/C=C\C/C=C\C/C=C\C/C=C\CC)OC(=O)CCCCCCC/C=C\C/C=C\CCC)OC(=O)CCCCCCC/C=C\CCCCCC. The van der Waals surface area contributed by atoms with E-state index in [1.54, 1.807) is 6.08 Å². The van der Waals surface area contributed by atoms with Crippen LogP contribution in [0.15, 0.2) is 146 Å². The predicted molar refractivity (Wildman–Crippen MR) is 399 cm³/mol. The van der Waals surface area contributed by atoms with E-state index in [1.165, 1.54) is 25.7 Å². The second kappa shape index (κ2) is 70.4. The topological polar surface area (TPSA) is 237 Å². The summed E-state index contributed by atoms with van der Waals surface area (Å²) in [6, 6.07) is 0. The van der Waals surface area contributed by atoms with Crippen LogP contribution >= 0.6 is 15.6 Å². The first-order chi connectivity index (χ1) is 47.7. The number of carbonyl (C=O) groups excluding carboxylic acids is 4. The fraction of sp³-hybridized carbons (Fsp3) is 0.646.